The Morgan fingerprint density at radius 3 is 2.93 bits per heavy atom. The Kier molecular flexibility index (Phi) is 2.29. The summed E-state index contributed by atoms with van der Waals surface area (Å²) in [6, 6.07) is 8.52. The second-order valence-electron chi connectivity index (χ2n) is 3.93. The van der Waals surface area contributed by atoms with Crippen molar-refractivity contribution < 1.29 is 4.42 Å². The van der Waals surface area contributed by atoms with Crippen molar-refractivity contribution in [1.29, 1.82) is 0 Å². The van der Waals surface area contributed by atoms with Gasteiger partial charge in [-0.1, -0.05) is 12.1 Å². The maximum atomic E-state index is 5.87. The van der Waals surface area contributed by atoms with Crippen LogP contribution in [0.4, 0.5) is 0 Å². The van der Waals surface area contributed by atoms with Crippen LogP contribution in [0, 0.1) is 0 Å². The van der Waals surface area contributed by atoms with E-state index in [1.54, 1.807) is 0 Å². The average molecular weight is 266 g/mol. The molecule has 1 aromatic carbocycles. The molecule has 0 amide bonds. The molecule has 15 heavy (non-hydrogen) atoms. The Labute approximate surface area is 96.8 Å². The summed E-state index contributed by atoms with van der Waals surface area (Å²) in [5.41, 5.74) is 0.966. The number of rotatable bonds is 1. The Bertz CT molecular complexity index is 485. The molecule has 2 nitrogen and oxygen atoms in total. The lowest BCUT2D eigenvalue weighted by molar-refractivity contribution is 0.468. The van der Waals surface area contributed by atoms with E-state index >= 15 is 0 Å². The average Bonchev–Trinajstić information content (AvgIpc) is 2.87. The van der Waals surface area contributed by atoms with Gasteiger partial charge in [0.15, 0.2) is 0 Å². The fourth-order valence-electron chi connectivity index (χ4n) is 2.17. The van der Waals surface area contributed by atoms with E-state index in [1.807, 2.05) is 18.2 Å². The van der Waals surface area contributed by atoms with Gasteiger partial charge in [0.25, 0.3) is 0 Å². The van der Waals surface area contributed by atoms with Gasteiger partial charge in [0.05, 0.1) is 10.5 Å². The number of furan rings is 1. The Morgan fingerprint density at radius 2 is 2.20 bits per heavy atom. The molecule has 1 aliphatic rings. The van der Waals surface area contributed by atoms with Crippen molar-refractivity contribution in [2.45, 2.75) is 18.9 Å². The molecule has 3 rings (SSSR count). The van der Waals surface area contributed by atoms with Crippen LogP contribution in [0.5, 0.6) is 0 Å². The van der Waals surface area contributed by atoms with E-state index in [0.717, 1.165) is 22.4 Å². The van der Waals surface area contributed by atoms with E-state index in [-0.39, 0.29) is 0 Å². The molecule has 78 valence electrons. The van der Waals surface area contributed by atoms with Crippen LogP contribution in [0.1, 0.15) is 24.6 Å². The molecule has 1 saturated heterocycles. The predicted octanol–water partition coefficient (Wildman–Crippen LogP) is 3.62. The molecule has 0 radical (unpaired) electrons. The smallest absolute Gasteiger partial charge is 0.136 e. The highest BCUT2D eigenvalue weighted by Gasteiger charge is 2.23. The first-order chi connectivity index (χ1) is 7.36. The van der Waals surface area contributed by atoms with Gasteiger partial charge in [-0.3, -0.25) is 0 Å². The highest BCUT2D eigenvalue weighted by molar-refractivity contribution is 9.10. The normalized spacial score (nSPS) is 21.3. The van der Waals surface area contributed by atoms with Crippen LogP contribution in [0.3, 0.4) is 0 Å². The lowest BCUT2D eigenvalue weighted by Gasteiger charge is -2.06. The minimum absolute atomic E-state index is 0.381. The largest absolute Gasteiger partial charge is 0.458 e. The van der Waals surface area contributed by atoms with E-state index in [1.165, 1.54) is 18.2 Å². The van der Waals surface area contributed by atoms with Crippen LogP contribution in [0.2, 0.25) is 0 Å². The quantitative estimate of drug-likeness (QED) is 0.852. The van der Waals surface area contributed by atoms with E-state index in [9.17, 15) is 0 Å². The fraction of sp³-hybridized carbons (Fsp3) is 0.333. The number of halogens is 1. The SMILES string of the molecule is Brc1c(C2CCCN2)oc2ccccc12. The van der Waals surface area contributed by atoms with Gasteiger partial charge in [0, 0.05) is 5.39 Å². The fourth-order valence-corrected chi connectivity index (χ4v) is 2.85. The van der Waals surface area contributed by atoms with Crippen LogP contribution < -0.4 is 5.32 Å². The zero-order valence-corrected chi connectivity index (χ0v) is 9.88. The molecule has 0 spiro atoms. The lowest BCUT2D eigenvalue weighted by Crippen LogP contribution is -2.12. The number of benzene rings is 1. The molecule has 1 N–H and O–H groups in total. The summed E-state index contributed by atoms with van der Waals surface area (Å²) in [7, 11) is 0. The topological polar surface area (TPSA) is 25.2 Å². The van der Waals surface area contributed by atoms with Crippen LogP contribution in [0.15, 0.2) is 33.2 Å². The molecular weight excluding hydrogens is 254 g/mol. The summed E-state index contributed by atoms with van der Waals surface area (Å²) in [6.07, 6.45) is 2.40. The van der Waals surface area contributed by atoms with Gasteiger partial charge in [0.1, 0.15) is 11.3 Å². The Balaban J connectivity index is 2.14. The molecule has 0 aliphatic carbocycles. The summed E-state index contributed by atoms with van der Waals surface area (Å²) in [5.74, 6) is 1.05. The van der Waals surface area contributed by atoms with E-state index < -0.39 is 0 Å². The zero-order valence-electron chi connectivity index (χ0n) is 8.29. The summed E-state index contributed by atoms with van der Waals surface area (Å²) in [6.45, 7) is 1.09. The van der Waals surface area contributed by atoms with Crippen molar-refractivity contribution in [1.82, 2.24) is 5.32 Å². The summed E-state index contributed by atoms with van der Waals surface area (Å²) >= 11 is 3.63. The minimum atomic E-state index is 0.381. The molecule has 2 aromatic rings. The molecule has 1 unspecified atom stereocenters. The third kappa shape index (κ3) is 1.50. The zero-order chi connectivity index (χ0) is 10.3. The van der Waals surface area contributed by atoms with Crippen molar-refractivity contribution in [2.75, 3.05) is 6.54 Å². The monoisotopic (exact) mass is 265 g/mol. The van der Waals surface area contributed by atoms with E-state index in [2.05, 4.69) is 27.3 Å². The molecule has 1 atom stereocenters. The second kappa shape index (κ2) is 3.65. The predicted molar refractivity (Wildman–Crippen MR) is 63.9 cm³/mol. The molecule has 0 saturated carbocycles. The molecule has 1 aromatic heterocycles. The molecule has 3 heteroatoms. The molecule has 1 aliphatic heterocycles. The number of hydrogen-bond donors (Lipinski definition) is 1. The number of fused-ring (bicyclic) bond motifs is 1. The Morgan fingerprint density at radius 1 is 1.33 bits per heavy atom. The van der Waals surface area contributed by atoms with E-state index in [0.29, 0.717) is 6.04 Å². The van der Waals surface area contributed by atoms with Crippen molar-refractivity contribution in [3.05, 3.63) is 34.5 Å². The van der Waals surface area contributed by atoms with Gasteiger partial charge in [-0.25, -0.2) is 0 Å². The number of para-hydroxylation sites is 1. The third-order valence-corrected chi connectivity index (χ3v) is 3.75. The van der Waals surface area contributed by atoms with Gasteiger partial charge in [-0.05, 0) is 47.4 Å². The molecule has 2 heterocycles. The first kappa shape index (κ1) is 9.43. The van der Waals surface area contributed by atoms with E-state index in [4.69, 9.17) is 4.42 Å². The first-order valence-electron chi connectivity index (χ1n) is 5.26. The van der Waals surface area contributed by atoms with Crippen LogP contribution >= 0.6 is 15.9 Å². The maximum absolute atomic E-state index is 5.87. The van der Waals surface area contributed by atoms with Crippen molar-refractivity contribution in [3.8, 4) is 0 Å². The van der Waals surface area contributed by atoms with Crippen molar-refractivity contribution in [2.24, 2.45) is 0 Å². The standard InChI is InChI=1S/C12H12BrNO/c13-11-8-4-1-2-6-10(8)15-12(11)9-5-3-7-14-9/h1-2,4,6,9,14H,3,5,7H2. The van der Waals surface area contributed by atoms with Gasteiger partial charge in [-0.15, -0.1) is 0 Å². The maximum Gasteiger partial charge on any atom is 0.136 e. The molecule has 1 fully saturated rings. The van der Waals surface area contributed by atoms with Gasteiger partial charge in [0.2, 0.25) is 0 Å². The third-order valence-electron chi connectivity index (χ3n) is 2.94. The second-order valence-corrected chi connectivity index (χ2v) is 4.72. The number of nitrogens with one attached hydrogen (secondary N) is 1. The van der Waals surface area contributed by atoms with Gasteiger partial charge >= 0.3 is 0 Å². The van der Waals surface area contributed by atoms with Crippen LogP contribution in [-0.2, 0) is 0 Å². The van der Waals surface area contributed by atoms with Gasteiger partial charge < -0.3 is 9.73 Å². The Hall–Kier alpha value is -0.800. The molecular formula is C12H12BrNO. The summed E-state index contributed by atoms with van der Waals surface area (Å²) in [5, 5.41) is 4.62. The highest BCUT2D eigenvalue weighted by atomic mass is 79.9. The molecule has 0 bridgehead atoms. The lowest BCUT2D eigenvalue weighted by atomic mass is 10.1. The first-order valence-corrected chi connectivity index (χ1v) is 6.06. The van der Waals surface area contributed by atoms with Crippen LogP contribution in [0.25, 0.3) is 11.0 Å². The summed E-state index contributed by atoms with van der Waals surface area (Å²) < 4.78 is 6.98. The van der Waals surface area contributed by atoms with Gasteiger partial charge in [-0.2, -0.15) is 0 Å². The highest BCUT2D eigenvalue weighted by Crippen LogP contribution is 2.37. The van der Waals surface area contributed by atoms with Crippen LogP contribution in [-0.4, -0.2) is 6.54 Å². The van der Waals surface area contributed by atoms with Crippen molar-refractivity contribution >= 4 is 26.9 Å². The van der Waals surface area contributed by atoms with Crippen molar-refractivity contribution in [3.63, 3.8) is 0 Å². The minimum Gasteiger partial charge on any atom is -0.458 e. The summed E-state index contributed by atoms with van der Waals surface area (Å²) in [4.78, 5) is 0. The number of hydrogen-bond acceptors (Lipinski definition) is 2.